The van der Waals surface area contributed by atoms with Gasteiger partial charge in [-0.05, 0) is 23.8 Å². The van der Waals surface area contributed by atoms with Crippen molar-refractivity contribution in [2.45, 2.75) is 18.6 Å². The maximum atomic E-state index is 10.2. The van der Waals surface area contributed by atoms with Crippen molar-refractivity contribution in [2.75, 3.05) is 0 Å². The van der Waals surface area contributed by atoms with E-state index in [0.717, 1.165) is 6.07 Å². The third kappa shape index (κ3) is 2.30. The van der Waals surface area contributed by atoms with E-state index < -0.39 is 12.2 Å². The molecule has 0 saturated carbocycles. The number of aliphatic hydroxyl groups is 1. The Morgan fingerprint density at radius 3 is 2.38 bits per heavy atom. The number of fused-ring (bicyclic) bond motifs is 1. The fourth-order valence-electron chi connectivity index (χ4n) is 2.49. The summed E-state index contributed by atoms with van der Waals surface area (Å²) in [6, 6.07) is 6.69. The molecule has 0 saturated heterocycles. The number of phenolic OH excluding ortho intramolecular Hbond substituents is 4. The summed E-state index contributed by atoms with van der Waals surface area (Å²) in [4.78, 5) is 0. The van der Waals surface area contributed by atoms with E-state index in [0.29, 0.717) is 11.1 Å². The summed E-state index contributed by atoms with van der Waals surface area (Å²) in [6.45, 7) is 0. The molecule has 21 heavy (non-hydrogen) atoms. The lowest BCUT2D eigenvalue weighted by molar-refractivity contribution is 0.0188. The van der Waals surface area contributed by atoms with E-state index in [2.05, 4.69) is 0 Å². The van der Waals surface area contributed by atoms with E-state index in [1.54, 1.807) is 0 Å². The predicted molar refractivity (Wildman–Crippen MR) is 72.6 cm³/mol. The molecule has 3 rings (SSSR count). The van der Waals surface area contributed by atoms with Gasteiger partial charge in [-0.1, -0.05) is 6.07 Å². The first-order chi connectivity index (χ1) is 9.95. The second kappa shape index (κ2) is 4.75. The average Bonchev–Trinajstić information content (AvgIpc) is 2.41. The zero-order chi connectivity index (χ0) is 15.1. The number of hydrogen-bond acceptors (Lipinski definition) is 6. The van der Waals surface area contributed by atoms with Crippen molar-refractivity contribution >= 4 is 0 Å². The summed E-state index contributed by atoms with van der Waals surface area (Å²) in [7, 11) is 0. The predicted octanol–water partition coefficient (Wildman–Crippen LogP) is 1.55. The second-order valence-electron chi connectivity index (χ2n) is 5.01. The van der Waals surface area contributed by atoms with Crippen LogP contribution in [0.4, 0.5) is 0 Å². The first-order valence-electron chi connectivity index (χ1n) is 6.37. The normalized spacial score (nSPS) is 20.6. The molecule has 6 nitrogen and oxygen atoms in total. The highest BCUT2D eigenvalue weighted by Gasteiger charge is 2.32. The Balaban J connectivity index is 2.00. The molecule has 6 heteroatoms. The highest BCUT2D eigenvalue weighted by molar-refractivity contribution is 5.53. The van der Waals surface area contributed by atoms with Crippen LogP contribution in [0.3, 0.4) is 0 Å². The number of benzene rings is 2. The molecule has 0 amide bonds. The zero-order valence-electron chi connectivity index (χ0n) is 10.9. The summed E-state index contributed by atoms with van der Waals surface area (Å²) in [5, 5.41) is 48.3. The Kier molecular flexibility index (Phi) is 3.03. The van der Waals surface area contributed by atoms with E-state index in [4.69, 9.17) is 4.74 Å². The van der Waals surface area contributed by atoms with Crippen LogP contribution in [0, 0.1) is 0 Å². The molecule has 110 valence electrons. The van der Waals surface area contributed by atoms with Crippen LogP contribution in [0.5, 0.6) is 28.7 Å². The third-order valence-corrected chi connectivity index (χ3v) is 3.48. The maximum absolute atomic E-state index is 10.2. The largest absolute Gasteiger partial charge is 0.508 e. The maximum Gasteiger partial charge on any atom is 0.165 e. The highest BCUT2D eigenvalue weighted by atomic mass is 16.5. The van der Waals surface area contributed by atoms with Gasteiger partial charge >= 0.3 is 0 Å². The van der Waals surface area contributed by atoms with Crippen molar-refractivity contribution in [3.05, 3.63) is 41.5 Å². The van der Waals surface area contributed by atoms with E-state index in [1.165, 1.54) is 24.3 Å². The molecule has 1 aliphatic heterocycles. The van der Waals surface area contributed by atoms with Crippen LogP contribution < -0.4 is 4.74 Å². The Morgan fingerprint density at radius 2 is 1.67 bits per heavy atom. The Bertz CT molecular complexity index is 697. The number of ether oxygens (including phenoxy) is 1. The van der Waals surface area contributed by atoms with E-state index >= 15 is 0 Å². The SMILES string of the molecule is Oc1cc(O)c2c(c1)CC(O)C(c1ccc(O)c(O)c1)O2. The van der Waals surface area contributed by atoms with Crippen molar-refractivity contribution < 1.29 is 30.3 Å². The molecule has 5 N–H and O–H groups in total. The second-order valence-corrected chi connectivity index (χ2v) is 5.01. The number of aromatic hydroxyl groups is 4. The highest BCUT2D eigenvalue weighted by Crippen LogP contribution is 2.43. The molecule has 0 spiro atoms. The monoisotopic (exact) mass is 290 g/mol. The summed E-state index contributed by atoms with van der Waals surface area (Å²) in [5.74, 6) is -0.718. The van der Waals surface area contributed by atoms with E-state index in [1.807, 2.05) is 0 Å². The zero-order valence-corrected chi connectivity index (χ0v) is 10.9. The quantitative estimate of drug-likeness (QED) is 0.510. The van der Waals surface area contributed by atoms with E-state index in [9.17, 15) is 25.5 Å². The molecule has 0 radical (unpaired) electrons. The number of rotatable bonds is 1. The molecule has 0 aromatic heterocycles. The molecular formula is C15H14O6. The van der Waals surface area contributed by atoms with E-state index in [-0.39, 0.29) is 35.2 Å². The summed E-state index contributed by atoms with van der Waals surface area (Å²) < 4.78 is 5.61. The topological polar surface area (TPSA) is 110 Å². The Hall–Kier alpha value is -2.60. The minimum Gasteiger partial charge on any atom is -0.508 e. The Labute approximate surface area is 120 Å². The van der Waals surface area contributed by atoms with Crippen molar-refractivity contribution in [3.8, 4) is 28.7 Å². The lowest BCUT2D eigenvalue weighted by atomic mass is 9.94. The molecule has 2 aromatic rings. The van der Waals surface area contributed by atoms with Gasteiger partial charge in [0, 0.05) is 18.1 Å². The molecule has 0 fully saturated rings. The summed E-state index contributed by atoms with van der Waals surface area (Å²) in [6.07, 6.45) is -1.52. The van der Waals surface area contributed by atoms with Gasteiger partial charge in [0.2, 0.25) is 0 Å². The standard InChI is InChI=1S/C15H14O6/c16-9-3-8-5-12(19)14(21-15(8)13(20)6-9)7-1-2-10(17)11(18)4-7/h1-4,6,12,14,16-20H,5H2. The fraction of sp³-hybridized carbons (Fsp3) is 0.200. The molecule has 0 bridgehead atoms. The van der Waals surface area contributed by atoms with Crippen LogP contribution in [0.25, 0.3) is 0 Å². The molecule has 2 aromatic carbocycles. The molecule has 0 aliphatic carbocycles. The summed E-state index contributed by atoms with van der Waals surface area (Å²) >= 11 is 0. The van der Waals surface area contributed by atoms with Crippen molar-refractivity contribution in [1.29, 1.82) is 0 Å². The van der Waals surface area contributed by atoms with Gasteiger partial charge < -0.3 is 30.3 Å². The molecule has 2 unspecified atom stereocenters. The molecular weight excluding hydrogens is 276 g/mol. The number of hydrogen-bond donors (Lipinski definition) is 5. The molecule has 1 heterocycles. The van der Waals surface area contributed by atoms with Gasteiger partial charge in [-0.15, -0.1) is 0 Å². The minimum absolute atomic E-state index is 0.109. The minimum atomic E-state index is -0.914. The molecule has 1 aliphatic rings. The van der Waals surface area contributed by atoms with Crippen LogP contribution in [-0.2, 0) is 6.42 Å². The van der Waals surface area contributed by atoms with Gasteiger partial charge in [0.1, 0.15) is 5.75 Å². The van der Waals surface area contributed by atoms with Crippen LogP contribution in [0.1, 0.15) is 17.2 Å². The number of phenols is 4. The van der Waals surface area contributed by atoms with Gasteiger partial charge in [-0.2, -0.15) is 0 Å². The molecule has 2 atom stereocenters. The lowest BCUT2D eigenvalue weighted by Gasteiger charge is -2.31. The van der Waals surface area contributed by atoms with Crippen LogP contribution in [-0.4, -0.2) is 31.6 Å². The lowest BCUT2D eigenvalue weighted by Crippen LogP contribution is -2.30. The fourth-order valence-corrected chi connectivity index (χ4v) is 2.49. The van der Waals surface area contributed by atoms with Gasteiger partial charge in [-0.3, -0.25) is 0 Å². The summed E-state index contributed by atoms with van der Waals surface area (Å²) in [5.41, 5.74) is 0.968. The van der Waals surface area contributed by atoms with Gasteiger partial charge in [-0.25, -0.2) is 0 Å². The van der Waals surface area contributed by atoms with Crippen molar-refractivity contribution in [3.63, 3.8) is 0 Å². The van der Waals surface area contributed by atoms with Crippen LogP contribution in [0.2, 0.25) is 0 Å². The van der Waals surface area contributed by atoms with Gasteiger partial charge in [0.05, 0.1) is 6.10 Å². The van der Waals surface area contributed by atoms with Gasteiger partial charge in [0.25, 0.3) is 0 Å². The van der Waals surface area contributed by atoms with Crippen molar-refractivity contribution in [1.82, 2.24) is 0 Å². The first kappa shape index (κ1) is 13.4. The number of aliphatic hydroxyl groups excluding tert-OH is 1. The van der Waals surface area contributed by atoms with Crippen molar-refractivity contribution in [2.24, 2.45) is 0 Å². The van der Waals surface area contributed by atoms with Crippen LogP contribution in [0.15, 0.2) is 30.3 Å². The third-order valence-electron chi connectivity index (χ3n) is 3.48. The van der Waals surface area contributed by atoms with Gasteiger partial charge in [0.15, 0.2) is 29.1 Å². The van der Waals surface area contributed by atoms with Crippen LogP contribution >= 0.6 is 0 Å². The average molecular weight is 290 g/mol. The smallest absolute Gasteiger partial charge is 0.165 e. The Morgan fingerprint density at radius 1 is 0.905 bits per heavy atom. The first-order valence-corrected chi connectivity index (χ1v) is 6.37.